The highest BCUT2D eigenvalue weighted by atomic mass is 32.2. The van der Waals surface area contributed by atoms with Gasteiger partial charge in [0, 0.05) is 11.7 Å². The monoisotopic (exact) mass is 476 g/mol. The molecule has 1 fully saturated rings. The molecule has 32 heavy (non-hydrogen) atoms. The van der Waals surface area contributed by atoms with Crippen molar-refractivity contribution in [3.8, 4) is 0 Å². The molecule has 0 radical (unpaired) electrons. The number of amides is 1. The van der Waals surface area contributed by atoms with Crippen molar-refractivity contribution in [1.29, 1.82) is 0 Å². The van der Waals surface area contributed by atoms with Gasteiger partial charge in [-0.15, -0.1) is 0 Å². The quantitative estimate of drug-likeness (QED) is 0.305. The van der Waals surface area contributed by atoms with Crippen molar-refractivity contribution in [3.05, 3.63) is 65.7 Å². The van der Waals surface area contributed by atoms with Crippen molar-refractivity contribution < 1.29 is 35.9 Å². The Bertz CT molecular complexity index is 1040. The van der Waals surface area contributed by atoms with Gasteiger partial charge in [-0.2, -0.15) is 13.2 Å². The summed E-state index contributed by atoms with van der Waals surface area (Å²) in [6.07, 6.45) is -2.40. The lowest BCUT2D eigenvalue weighted by atomic mass is 9.92. The minimum absolute atomic E-state index is 0.192. The maximum Gasteiger partial charge on any atom is 0.416 e. The van der Waals surface area contributed by atoms with Crippen molar-refractivity contribution in [3.63, 3.8) is 0 Å². The first-order chi connectivity index (χ1) is 14.7. The Labute approximate surface area is 183 Å². The fraction of sp³-hybridized carbons (Fsp3) is 0.381. The third-order valence-corrected chi connectivity index (χ3v) is 6.83. The molecule has 2 rings (SSSR count). The minimum Gasteiger partial charge on any atom is -0.379 e. The van der Waals surface area contributed by atoms with Gasteiger partial charge < -0.3 is 15.7 Å². The first-order valence-electron chi connectivity index (χ1n) is 9.57. The molecule has 2 unspecified atom stereocenters. The summed E-state index contributed by atoms with van der Waals surface area (Å²) in [4.78, 5) is 12.2. The zero-order valence-corrected chi connectivity index (χ0v) is 18.3. The molecule has 0 saturated carbocycles. The van der Waals surface area contributed by atoms with Crippen molar-refractivity contribution in [1.82, 2.24) is 10.6 Å². The third-order valence-electron chi connectivity index (χ3n) is 4.90. The highest BCUT2D eigenvalue weighted by Crippen LogP contribution is 2.34. The largest absolute Gasteiger partial charge is 0.416 e. The van der Waals surface area contributed by atoms with Crippen LogP contribution in [0.4, 0.5) is 17.6 Å². The van der Waals surface area contributed by atoms with Gasteiger partial charge in [-0.25, -0.2) is 12.8 Å². The number of carbonyl (C=O) groups excluding carboxylic acids is 1. The molecular formula is C21H24F4N2O4S. The molecule has 1 heterocycles. The van der Waals surface area contributed by atoms with Crippen LogP contribution in [-0.2, 0) is 14.6 Å². The number of sulfone groups is 1. The normalized spacial score (nSPS) is 19.7. The number of nitrogens with one attached hydrogen (secondary N) is 2. The molecule has 0 spiro atoms. The van der Waals surface area contributed by atoms with E-state index in [9.17, 15) is 35.9 Å². The van der Waals surface area contributed by atoms with E-state index >= 15 is 0 Å². The molecule has 2 atom stereocenters. The van der Waals surface area contributed by atoms with Crippen LogP contribution in [0.3, 0.4) is 0 Å². The van der Waals surface area contributed by atoms with Crippen LogP contribution in [0.25, 0.3) is 0 Å². The number of allylic oxidation sites excluding steroid dienone is 2. The first-order valence-corrected chi connectivity index (χ1v) is 11.2. The molecule has 1 saturated heterocycles. The van der Waals surface area contributed by atoms with Crippen LogP contribution in [0, 0.1) is 5.82 Å². The average molecular weight is 476 g/mol. The molecule has 1 aromatic carbocycles. The van der Waals surface area contributed by atoms with Crippen molar-refractivity contribution >= 4 is 15.7 Å². The molecule has 1 aliphatic heterocycles. The van der Waals surface area contributed by atoms with Crippen molar-refractivity contribution in [2.75, 3.05) is 12.3 Å². The van der Waals surface area contributed by atoms with Crippen LogP contribution in [0.2, 0.25) is 0 Å². The standard InChI is InChI=1S/C21H24F4N2O4S/c1-4-15(11-17(21(23,24)25)13(2)18-9-10-26-18)27-19(28)20(3,29)12-32(30,31)16-7-5-14(22)6-8-16/h4-8,11,18,26,29H,2,9-10,12H2,1,3H3,(H,27,28)/b15-4+,17-11+. The van der Waals surface area contributed by atoms with Crippen LogP contribution in [0.15, 0.2) is 64.7 Å². The molecule has 0 aromatic heterocycles. The fourth-order valence-corrected chi connectivity index (χ4v) is 4.49. The first kappa shape index (κ1) is 25.8. The summed E-state index contributed by atoms with van der Waals surface area (Å²) in [5.74, 6) is -2.96. The van der Waals surface area contributed by atoms with E-state index in [-0.39, 0.29) is 16.2 Å². The summed E-state index contributed by atoms with van der Waals surface area (Å²) < 4.78 is 78.6. The van der Waals surface area contributed by atoms with E-state index in [1.165, 1.54) is 13.0 Å². The van der Waals surface area contributed by atoms with Gasteiger partial charge >= 0.3 is 6.18 Å². The van der Waals surface area contributed by atoms with Crippen LogP contribution >= 0.6 is 0 Å². The topological polar surface area (TPSA) is 95.5 Å². The Morgan fingerprint density at radius 3 is 2.31 bits per heavy atom. The van der Waals surface area contributed by atoms with Gasteiger partial charge in [0.2, 0.25) is 0 Å². The lowest BCUT2D eigenvalue weighted by molar-refractivity contribution is -0.135. The molecule has 6 nitrogen and oxygen atoms in total. The van der Waals surface area contributed by atoms with Crippen LogP contribution in [-0.4, -0.2) is 49.5 Å². The maximum absolute atomic E-state index is 13.5. The summed E-state index contributed by atoms with van der Waals surface area (Å²) in [5.41, 5.74) is -4.02. The van der Waals surface area contributed by atoms with E-state index < -0.39 is 50.7 Å². The number of hydrogen-bond donors (Lipinski definition) is 3. The Morgan fingerprint density at radius 1 is 1.31 bits per heavy atom. The average Bonchev–Trinajstić information content (AvgIpc) is 2.61. The molecule has 1 aliphatic rings. The molecule has 0 aliphatic carbocycles. The summed E-state index contributed by atoms with van der Waals surface area (Å²) in [7, 11) is -4.20. The van der Waals surface area contributed by atoms with Gasteiger partial charge in [-0.3, -0.25) is 4.79 Å². The number of carbonyl (C=O) groups is 1. The van der Waals surface area contributed by atoms with E-state index in [2.05, 4.69) is 17.2 Å². The van der Waals surface area contributed by atoms with Gasteiger partial charge in [-0.1, -0.05) is 12.7 Å². The Kier molecular flexibility index (Phi) is 7.69. The number of halogens is 4. The number of hydrogen-bond acceptors (Lipinski definition) is 5. The lowest BCUT2D eigenvalue weighted by Crippen LogP contribution is -2.48. The third kappa shape index (κ3) is 6.27. The Morgan fingerprint density at radius 2 is 1.88 bits per heavy atom. The van der Waals surface area contributed by atoms with Crippen LogP contribution < -0.4 is 10.6 Å². The molecule has 1 aromatic rings. The number of alkyl halides is 3. The zero-order chi connectivity index (χ0) is 24.3. The van der Waals surface area contributed by atoms with Crippen LogP contribution in [0.1, 0.15) is 20.3 Å². The number of benzene rings is 1. The van der Waals surface area contributed by atoms with E-state index in [0.29, 0.717) is 19.0 Å². The maximum atomic E-state index is 13.5. The van der Waals surface area contributed by atoms with Gasteiger partial charge in [0.25, 0.3) is 5.91 Å². The van der Waals surface area contributed by atoms with Gasteiger partial charge in [-0.05, 0) is 62.7 Å². The second-order valence-electron chi connectivity index (χ2n) is 7.56. The van der Waals surface area contributed by atoms with E-state index in [0.717, 1.165) is 31.2 Å². The lowest BCUT2D eigenvalue weighted by Gasteiger charge is -2.31. The number of rotatable bonds is 8. The second kappa shape index (κ2) is 9.55. The smallest absolute Gasteiger partial charge is 0.379 e. The predicted molar refractivity (Wildman–Crippen MR) is 111 cm³/mol. The second-order valence-corrected chi connectivity index (χ2v) is 9.55. The molecule has 3 N–H and O–H groups in total. The molecule has 176 valence electrons. The van der Waals surface area contributed by atoms with Crippen molar-refractivity contribution in [2.24, 2.45) is 0 Å². The molecule has 1 amide bonds. The summed E-state index contributed by atoms with van der Waals surface area (Å²) in [6.45, 7) is 6.35. The van der Waals surface area contributed by atoms with Crippen molar-refractivity contribution in [2.45, 2.75) is 43.0 Å². The zero-order valence-electron chi connectivity index (χ0n) is 17.5. The Balaban J connectivity index is 2.22. The summed E-state index contributed by atoms with van der Waals surface area (Å²) in [6, 6.07) is 3.24. The molecule has 11 heteroatoms. The van der Waals surface area contributed by atoms with E-state index in [4.69, 9.17) is 0 Å². The van der Waals surface area contributed by atoms with Gasteiger partial charge in [0.15, 0.2) is 15.4 Å². The minimum atomic E-state index is -4.75. The fourth-order valence-electron chi connectivity index (χ4n) is 2.90. The molecule has 0 bridgehead atoms. The van der Waals surface area contributed by atoms with Gasteiger partial charge in [0.05, 0.1) is 16.2 Å². The van der Waals surface area contributed by atoms with Gasteiger partial charge in [0.1, 0.15) is 5.82 Å². The number of aliphatic hydroxyl groups is 1. The van der Waals surface area contributed by atoms with Crippen LogP contribution in [0.5, 0.6) is 0 Å². The van der Waals surface area contributed by atoms with E-state index in [1.54, 1.807) is 0 Å². The SMILES string of the molecule is C=C(/C(=C\C(=C/C)NC(=O)C(C)(O)CS(=O)(=O)c1ccc(F)cc1)C(F)(F)F)C1CCN1. The predicted octanol–water partition coefficient (Wildman–Crippen LogP) is 2.78. The van der Waals surface area contributed by atoms with E-state index in [1.807, 2.05) is 0 Å². The highest BCUT2D eigenvalue weighted by Gasteiger charge is 2.40. The Hall–Kier alpha value is -2.50. The summed E-state index contributed by atoms with van der Waals surface area (Å²) in [5, 5.41) is 15.4. The highest BCUT2D eigenvalue weighted by molar-refractivity contribution is 7.91. The summed E-state index contributed by atoms with van der Waals surface area (Å²) >= 11 is 0. The molecular weight excluding hydrogens is 452 g/mol.